The molecule has 0 bridgehead atoms. The van der Waals surface area contributed by atoms with Crippen molar-refractivity contribution in [2.24, 2.45) is 0 Å². The van der Waals surface area contributed by atoms with Gasteiger partial charge in [-0.15, -0.1) is 0 Å². The van der Waals surface area contributed by atoms with E-state index < -0.39 is 0 Å². The molecule has 0 spiro atoms. The molecular weight excluding hydrogens is 246 g/mol. The van der Waals surface area contributed by atoms with Crippen LogP contribution in [-0.4, -0.2) is 37.1 Å². The molecule has 3 nitrogen and oxygen atoms in total. The molecule has 1 heterocycles. The van der Waals surface area contributed by atoms with Gasteiger partial charge in [0.15, 0.2) is 0 Å². The van der Waals surface area contributed by atoms with Gasteiger partial charge in [0.2, 0.25) is 0 Å². The van der Waals surface area contributed by atoms with Gasteiger partial charge in [-0.05, 0) is 31.5 Å². The van der Waals surface area contributed by atoms with Crippen molar-refractivity contribution in [3.05, 3.63) is 35.4 Å². The molecule has 4 heteroatoms. The first-order valence-electron chi connectivity index (χ1n) is 6.18. The average Bonchev–Trinajstić information content (AvgIpc) is 2.38. The Labute approximate surface area is 114 Å². The zero-order valence-electron chi connectivity index (χ0n) is 10.8. The normalized spacial score (nSPS) is 16.7. The fraction of sp³-hybridized carbons (Fsp3) is 0.500. The number of carbonyl (C=O) groups excluding carboxylic acids is 1. The second-order valence-corrected chi connectivity index (χ2v) is 6.16. The largest absolute Gasteiger partial charge is 0.378 e. The van der Waals surface area contributed by atoms with Gasteiger partial charge in [0.1, 0.15) is 0 Å². The molecule has 0 aromatic heterocycles. The Morgan fingerprint density at radius 2 is 1.78 bits per heavy atom. The van der Waals surface area contributed by atoms with Gasteiger partial charge in [-0.3, -0.25) is 4.79 Å². The van der Waals surface area contributed by atoms with Crippen molar-refractivity contribution in [2.75, 3.05) is 26.3 Å². The standard InChI is InChI=1S/C14H19NO2S/c1-14(2,18)12-5-3-11(4-6-12)13(16)15-7-9-17-10-8-15/h3-6,18H,7-10H2,1-2H3. The summed E-state index contributed by atoms with van der Waals surface area (Å²) in [6, 6.07) is 7.71. The number of ether oxygens (including phenoxy) is 1. The summed E-state index contributed by atoms with van der Waals surface area (Å²) in [7, 11) is 0. The number of amides is 1. The van der Waals surface area contributed by atoms with E-state index in [1.165, 1.54) is 0 Å². The SMILES string of the molecule is CC(C)(S)c1ccc(C(=O)N2CCOCC2)cc1. The van der Waals surface area contributed by atoms with Crippen molar-refractivity contribution in [2.45, 2.75) is 18.6 Å². The Kier molecular flexibility index (Phi) is 3.97. The Balaban J connectivity index is 2.11. The zero-order chi connectivity index (χ0) is 13.2. The lowest BCUT2D eigenvalue weighted by Gasteiger charge is -2.27. The number of hydrogen-bond acceptors (Lipinski definition) is 3. The quantitative estimate of drug-likeness (QED) is 0.832. The minimum absolute atomic E-state index is 0.0850. The summed E-state index contributed by atoms with van der Waals surface area (Å²) in [6.07, 6.45) is 0. The van der Waals surface area contributed by atoms with Crippen LogP contribution in [0.1, 0.15) is 29.8 Å². The van der Waals surface area contributed by atoms with Gasteiger partial charge in [0.05, 0.1) is 13.2 Å². The average molecular weight is 265 g/mol. The maximum Gasteiger partial charge on any atom is 0.254 e. The Morgan fingerprint density at radius 1 is 1.22 bits per heavy atom. The molecule has 0 unspecified atom stereocenters. The van der Waals surface area contributed by atoms with E-state index in [1.807, 2.05) is 43.0 Å². The number of morpholine rings is 1. The molecule has 1 aromatic carbocycles. The minimum Gasteiger partial charge on any atom is -0.378 e. The van der Waals surface area contributed by atoms with E-state index in [1.54, 1.807) is 0 Å². The molecule has 0 N–H and O–H groups in total. The Bertz CT molecular complexity index is 416. The number of thiol groups is 1. The van der Waals surface area contributed by atoms with Gasteiger partial charge >= 0.3 is 0 Å². The molecule has 1 saturated heterocycles. The summed E-state index contributed by atoms with van der Waals surface area (Å²) in [5.74, 6) is 0.0850. The Hall–Kier alpha value is -1.00. The summed E-state index contributed by atoms with van der Waals surface area (Å²) in [6.45, 7) is 6.70. The Morgan fingerprint density at radius 3 is 2.28 bits per heavy atom. The van der Waals surface area contributed by atoms with E-state index in [0.29, 0.717) is 26.3 Å². The van der Waals surface area contributed by atoms with E-state index in [2.05, 4.69) is 12.6 Å². The van der Waals surface area contributed by atoms with Crippen LogP contribution in [0.4, 0.5) is 0 Å². The third-order valence-electron chi connectivity index (χ3n) is 3.14. The number of rotatable bonds is 2. The summed E-state index contributed by atoms with van der Waals surface area (Å²) < 4.78 is 5.07. The third-order valence-corrected chi connectivity index (χ3v) is 3.39. The monoisotopic (exact) mass is 265 g/mol. The van der Waals surface area contributed by atoms with Crippen molar-refractivity contribution < 1.29 is 9.53 Å². The number of nitrogens with zero attached hydrogens (tertiary/aromatic N) is 1. The van der Waals surface area contributed by atoms with Gasteiger partial charge < -0.3 is 9.64 Å². The van der Waals surface area contributed by atoms with E-state index in [4.69, 9.17) is 4.74 Å². The second kappa shape index (κ2) is 5.33. The van der Waals surface area contributed by atoms with Gasteiger partial charge in [-0.1, -0.05) is 12.1 Å². The highest BCUT2D eigenvalue weighted by Crippen LogP contribution is 2.27. The highest BCUT2D eigenvalue weighted by Gasteiger charge is 2.19. The third kappa shape index (κ3) is 3.06. The van der Waals surface area contributed by atoms with Crippen molar-refractivity contribution in [1.82, 2.24) is 4.90 Å². The lowest BCUT2D eigenvalue weighted by molar-refractivity contribution is 0.0303. The predicted octanol–water partition coefficient (Wildman–Crippen LogP) is 2.32. The number of benzene rings is 1. The molecule has 2 rings (SSSR count). The fourth-order valence-electron chi connectivity index (χ4n) is 1.97. The van der Waals surface area contributed by atoms with Crippen molar-refractivity contribution in [3.63, 3.8) is 0 Å². The van der Waals surface area contributed by atoms with Crippen LogP contribution >= 0.6 is 12.6 Å². The lowest BCUT2D eigenvalue weighted by Crippen LogP contribution is -2.40. The van der Waals surface area contributed by atoms with Crippen LogP contribution in [0.2, 0.25) is 0 Å². The second-order valence-electron chi connectivity index (χ2n) is 5.04. The molecule has 1 amide bonds. The van der Waals surface area contributed by atoms with E-state index in [9.17, 15) is 4.79 Å². The first-order chi connectivity index (χ1) is 8.48. The number of carbonyl (C=O) groups is 1. The summed E-state index contributed by atoms with van der Waals surface area (Å²) in [5.41, 5.74) is 1.85. The lowest BCUT2D eigenvalue weighted by atomic mass is 10.0. The van der Waals surface area contributed by atoms with Gasteiger partial charge in [-0.25, -0.2) is 0 Å². The maximum absolute atomic E-state index is 12.2. The summed E-state index contributed by atoms with van der Waals surface area (Å²) in [4.78, 5) is 14.0. The van der Waals surface area contributed by atoms with Crippen LogP contribution in [0, 0.1) is 0 Å². The predicted molar refractivity (Wildman–Crippen MR) is 75.2 cm³/mol. The fourth-order valence-corrected chi connectivity index (χ4v) is 2.12. The molecule has 1 aliphatic heterocycles. The minimum atomic E-state index is -0.180. The topological polar surface area (TPSA) is 29.5 Å². The smallest absolute Gasteiger partial charge is 0.254 e. The molecule has 98 valence electrons. The first-order valence-corrected chi connectivity index (χ1v) is 6.63. The van der Waals surface area contributed by atoms with Crippen LogP contribution < -0.4 is 0 Å². The van der Waals surface area contributed by atoms with E-state index in [0.717, 1.165) is 11.1 Å². The highest BCUT2D eigenvalue weighted by molar-refractivity contribution is 7.81. The molecule has 1 aliphatic rings. The van der Waals surface area contributed by atoms with Crippen LogP contribution in [0.5, 0.6) is 0 Å². The van der Waals surface area contributed by atoms with Crippen molar-refractivity contribution in [3.8, 4) is 0 Å². The van der Waals surface area contributed by atoms with Gasteiger partial charge in [0.25, 0.3) is 5.91 Å². The molecular formula is C14H19NO2S. The maximum atomic E-state index is 12.2. The highest BCUT2D eigenvalue weighted by atomic mass is 32.1. The van der Waals surface area contributed by atoms with Crippen LogP contribution in [0.15, 0.2) is 24.3 Å². The van der Waals surface area contributed by atoms with Crippen LogP contribution in [-0.2, 0) is 9.48 Å². The first kappa shape index (κ1) is 13.4. The van der Waals surface area contributed by atoms with Crippen LogP contribution in [0.25, 0.3) is 0 Å². The van der Waals surface area contributed by atoms with Crippen LogP contribution in [0.3, 0.4) is 0 Å². The van der Waals surface area contributed by atoms with E-state index in [-0.39, 0.29) is 10.7 Å². The van der Waals surface area contributed by atoms with Gasteiger partial charge in [-0.2, -0.15) is 12.6 Å². The molecule has 1 fully saturated rings. The van der Waals surface area contributed by atoms with Crippen molar-refractivity contribution >= 4 is 18.5 Å². The van der Waals surface area contributed by atoms with Gasteiger partial charge in [0, 0.05) is 23.4 Å². The molecule has 0 atom stereocenters. The summed E-state index contributed by atoms with van der Waals surface area (Å²) in [5, 5.41) is 0. The zero-order valence-corrected chi connectivity index (χ0v) is 11.7. The van der Waals surface area contributed by atoms with Crippen molar-refractivity contribution in [1.29, 1.82) is 0 Å². The van der Waals surface area contributed by atoms with E-state index >= 15 is 0 Å². The molecule has 0 saturated carbocycles. The molecule has 0 radical (unpaired) electrons. The molecule has 18 heavy (non-hydrogen) atoms. The summed E-state index contributed by atoms with van der Waals surface area (Å²) >= 11 is 4.52. The molecule has 0 aliphatic carbocycles. The number of hydrogen-bond donors (Lipinski definition) is 1. The molecule has 1 aromatic rings.